The summed E-state index contributed by atoms with van der Waals surface area (Å²) in [5, 5.41) is 4.16. The first-order valence-corrected chi connectivity index (χ1v) is 8.12. The first kappa shape index (κ1) is 17.2. The fourth-order valence-corrected chi connectivity index (χ4v) is 2.91. The van der Waals surface area contributed by atoms with Gasteiger partial charge >= 0.3 is 5.69 Å². The first-order chi connectivity index (χ1) is 12.0. The van der Waals surface area contributed by atoms with Gasteiger partial charge in [0.2, 0.25) is 0 Å². The zero-order valence-corrected chi connectivity index (χ0v) is 14.3. The van der Waals surface area contributed by atoms with E-state index in [1.54, 1.807) is 15.8 Å². The summed E-state index contributed by atoms with van der Waals surface area (Å²) in [5.41, 5.74) is -0.923. The quantitative estimate of drug-likeness (QED) is 0.726. The molecule has 1 saturated heterocycles. The van der Waals surface area contributed by atoms with Crippen molar-refractivity contribution in [2.45, 2.75) is 19.1 Å². The van der Waals surface area contributed by atoms with E-state index in [2.05, 4.69) is 5.10 Å². The maximum Gasteiger partial charge on any atom is 0.331 e. The molecule has 1 aliphatic rings. The third kappa shape index (κ3) is 3.55. The monoisotopic (exact) mass is 347 g/mol. The lowest BCUT2D eigenvalue weighted by Crippen LogP contribution is -2.44. The van der Waals surface area contributed by atoms with Gasteiger partial charge in [0.15, 0.2) is 0 Å². The summed E-state index contributed by atoms with van der Waals surface area (Å²) < 4.78 is 9.74. The Kier molecular flexibility index (Phi) is 4.84. The predicted molar refractivity (Wildman–Crippen MR) is 89.4 cm³/mol. The number of aromatic nitrogens is 4. The number of nitrogens with zero attached hydrogens (tertiary/aromatic N) is 5. The molecule has 9 heteroatoms. The van der Waals surface area contributed by atoms with Crippen LogP contribution in [-0.4, -0.2) is 55.5 Å². The highest BCUT2D eigenvalue weighted by molar-refractivity contribution is 5.92. The maximum absolute atomic E-state index is 12.9. The molecule has 3 rings (SSSR count). The third-order valence-electron chi connectivity index (χ3n) is 4.33. The molecule has 0 radical (unpaired) electrons. The minimum atomic E-state index is -0.519. The van der Waals surface area contributed by atoms with Crippen molar-refractivity contribution in [1.29, 1.82) is 0 Å². The van der Waals surface area contributed by atoms with Crippen LogP contribution in [0.15, 0.2) is 34.1 Å². The molecular formula is C16H21N5O4. The topological polar surface area (TPSA) is 91.4 Å². The van der Waals surface area contributed by atoms with Gasteiger partial charge in [0.05, 0.1) is 12.6 Å². The summed E-state index contributed by atoms with van der Waals surface area (Å²) >= 11 is 0. The second-order valence-electron chi connectivity index (χ2n) is 6.09. The highest BCUT2D eigenvalue weighted by Gasteiger charge is 2.26. The summed E-state index contributed by atoms with van der Waals surface area (Å²) in [7, 11) is 2.88. The van der Waals surface area contributed by atoms with Crippen LogP contribution >= 0.6 is 0 Å². The molecule has 0 aliphatic carbocycles. The Morgan fingerprint density at radius 3 is 2.84 bits per heavy atom. The van der Waals surface area contributed by atoms with Crippen molar-refractivity contribution >= 4 is 5.91 Å². The van der Waals surface area contributed by atoms with E-state index in [9.17, 15) is 14.4 Å². The molecule has 3 heterocycles. The smallest absolute Gasteiger partial charge is 0.331 e. The molecule has 0 spiro atoms. The lowest BCUT2D eigenvalue weighted by Gasteiger charge is -2.24. The highest BCUT2D eigenvalue weighted by Crippen LogP contribution is 2.11. The molecule has 1 atom stereocenters. The van der Waals surface area contributed by atoms with E-state index in [1.165, 1.54) is 24.7 Å². The molecule has 0 N–H and O–H groups in total. The Balaban J connectivity index is 1.83. The minimum absolute atomic E-state index is 0.0906. The van der Waals surface area contributed by atoms with Crippen molar-refractivity contribution in [3.63, 3.8) is 0 Å². The van der Waals surface area contributed by atoms with Gasteiger partial charge in [0, 0.05) is 52.3 Å². The summed E-state index contributed by atoms with van der Waals surface area (Å²) in [6.45, 7) is 1.97. The molecule has 2 aromatic heterocycles. The number of hydrogen-bond donors (Lipinski definition) is 0. The van der Waals surface area contributed by atoms with Crippen LogP contribution in [0.3, 0.4) is 0 Å². The van der Waals surface area contributed by atoms with E-state index in [0.717, 1.165) is 4.57 Å². The Bertz CT molecular complexity index is 868. The van der Waals surface area contributed by atoms with Gasteiger partial charge in [0.1, 0.15) is 5.69 Å². The van der Waals surface area contributed by atoms with Gasteiger partial charge in [-0.1, -0.05) is 0 Å². The molecule has 2 aromatic rings. The predicted octanol–water partition coefficient (Wildman–Crippen LogP) is -0.788. The van der Waals surface area contributed by atoms with Crippen LogP contribution in [0, 0.1) is 0 Å². The van der Waals surface area contributed by atoms with Crippen LogP contribution in [0.25, 0.3) is 0 Å². The average molecular weight is 347 g/mol. The number of hydrogen-bond acceptors (Lipinski definition) is 5. The summed E-state index contributed by atoms with van der Waals surface area (Å²) in [4.78, 5) is 38.5. The van der Waals surface area contributed by atoms with Gasteiger partial charge in [-0.25, -0.2) is 4.79 Å². The third-order valence-corrected chi connectivity index (χ3v) is 4.33. The van der Waals surface area contributed by atoms with E-state index in [1.807, 2.05) is 12.3 Å². The van der Waals surface area contributed by atoms with Crippen LogP contribution in [0.4, 0.5) is 0 Å². The minimum Gasteiger partial charge on any atom is -0.374 e. The van der Waals surface area contributed by atoms with Gasteiger partial charge in [0.25, 0.3) is 11.5 Å². The van der Waals surface area contributed by atoms with E-state index >= 15 is 0 Å². The van der Waals surface area contributed by atoms with E-state index in [4.69, 9.17) is 4.74 Å². The van der Waals surface area contributed by atoms with Crippen LogP contribution in [0.1, 0.15) is 16.9 Å². The van der Waals surface area contributed by atoms with Crippen LogP contribution < -0.4 is 11.2 Å². The second-order valence-corrected chi connectivity index (χ2v) is 6.09. The van der Waals surface area contributed by atoms with Gasteiger partial charge in [-0.05, 0) is 12.5 Å². The van der Waals surface area contributed by atoms with Crippen molar-refractivity contribution in [2.75, 3.05) is 19.7 Å². The number of amides is 1. The van der Waals surface area contributed by atoms with Crippen LogP contribution in [-0.2, 0) is 25.4 Å². The SMILES string of the molecule is Cn1c(C(=O)N2CCCOC(Cn3cccn3)C2)cc(=O)n(C)c1=O. The lowest BCUT2D eigenvalue weighted by molar-refractivity contribution is 0.0364. The maximum atomic E-state index is 12.9. The summed E-state index contributed by atoms with van der Waals surface area (Å²) in [5.74, 6) is -0.340. The number of rotatable bonds is 3. The normalized spacial score (nSPS) is 18.2. The van der Waals surface area contributed by atoms with Gasteiger partial charge < -0.3 is 9.64 Å². The number of ether oxygens (including phenoxy) is 1. The Hall–Kier alpha value is -2.68. The molecule has 0 bridgehead atoms. The number of carbonyl (C=O) groups excluding carboxylic acids is 1. The molecule has 9 nitrogen and oxygen atoms in total. The first-order valence-electron chi connectivity index (χ1n) is 8.12. The van der Waals surface area contributed by atoms with Gasteiger partial charge in [-0.3, -0.25) is 23.4 Å². The van der Waals surface area contributed by atoms with Crippen molar-refractivity contribution in [3.8, 4) is 0 Å². The molecule has 134 valence electrons. The Morgan fingerprint density at radius 2 is 2.12 bits per heavy atom. The Labute approximate surface area is 144 Å². The van der Waals surface area contributed by atoms with Gasteiger partial charge in [-0.2, -0.15) is 5.10 Å². The second kappa shape index (κ2) is 7.06. The van der Waals surface area contributed by atoms with Crippen molar-refractivity contribution in [3.05, 3.63) is 51.1 Å². The van der Waals surface area contributed by atoms with Gasteiger partial charge in [-0.15, -0.1) is 0 Å². The van der Waals surface area contributed by atoms with E-state index in [-0.39, 0.29) is 17.7 Å². The zero-order chi connectivity index (χ0) is 18.0. The van der Waals surface area contributed by atoms with Crippen molar-refractivity contribution in [1.82, 2.24) is 23.8 Å². The summed E-state index contributed by atoms with van der Waals surface area (Å²) in [6, 6.07) is 3.03. The molecule has 0 aromatic carbocycles. The molecule has 1 fully saturated rings. The number of carbonyl (C=O) groups is 1. The fraction of sp³-hybridized carbons (Fsp3) is 0.500. The molecule has 1 amide bonds. The molecule has 1 aliphatic heterocycles. The largest absolute Gasteiger partial charge is 0.374 e. The average Bonchev–Trinajstić information content (AvgIpc) is 2.99. The summed E-state index contributed by atoms with van der Waals surface area (Å²) in [6.07, 6.45) is 4.02. The lowest BCUT2D eigenvalue weighted by atomic mass is 10.2. The van der Waals surface area contributed by atoms with Crippen LogP contribution in [0.5, 0.6) is 0 Å². The van der Waals surface area contributed by atoms with Crippen molar-refractivity contribution in [2.24, 2.45) is 14.1 Å². The molecule has 0 saturated carbocycles. The highest BCUT2D eigenvalue weighted by atomic mass is 16.5. The molecule has 25 heavy (non-hydrogen) atoms. The van der Waals surface area contributed by atoms with Crippen LogP contribution in [0.2, 0.25) is 0 Å². The fourth-order valence-electron chi connectivity index (χ4n) is 2.91. The zero-order valence-electron chi connectivity index (χ0n) is 14.3. The Morgan fingerprint density at radius 1 is 1.32 bits per heavy atom. The van der Waals surface area contributed by atoms with Crippen molar-refractivity contribution < 1.29 is 9.53 Å². The molecule has 1 unspecified atom stereocenters. The van der Waals surface area contributed by atoms with E-state index < -0.39 is 11.2 Å². The molecular weight excluding hydrogens is 326 g/mol. The van der Waals surface area contributed by atoms with E-state index in [0.29, 0.717) is 32.7 Å². The standard InChI is InChI=1S/C16H21N5O4/c1-18-13(9-14(22)19(2)16(18)24)15(23)20-6-4-8-25-12(10-20)11-21-7-3-5-17-21/h3,5,7,9,12H,4,6,8,10-11H2,1-2H3.